The van der Waals surface area contributed by atoms with Crippen molar-refractivity contribution in [3.63, 3.8) is 0 Å². The normalized spacial score (nSPS) is 12.0. The van der Waals surface area contributed by atoms with Crippen molar-refractivity contribution in [2.75, 3.05) is 0 Å². The second-order valence-corrected chi connectivity index (χ2v) is 0.866. The van der Waals surface area contributed by atoms with Gasteiger partial charge in [0.25, 0.3) is 0 Å². The summed E-state index contributed by atoms with van der Waals surface area (Å²) >= 11 is 0. The maximum atomic E-state index is 2.25. The average molecular weight is 308 g/mol. The van der Waals surface area contributed by atoms with Gasteiger partial charge in [0.15, 0.2) is 0 Å². The maximum Gasteiger partial charge on any atom is 0 e. The predicted octanol–water partition coefficient (Wildman–Crippen LogP) is 0.977. The van der Waals surface area contributed by atoms with E-state index in [0.29, 0.717) is 0 Å². The van der Waals surface area contributed by atoms with Crippen LogP contribution in [0.15, 0.2) is 0 Å². The number of hydrogen-bond donors (Lipinski definition) is 0. The molecule has 0 N–H and O–H groups in total. The van der Waals surface area contributed by atoms with E-state index in [1.807, 2.05) is 0 Å². The molecule has 0 bridgehead atoms. The van der Waals surface area contributed by atoms with Crippen molar-refractivity contribution in [2.24, 2.45) is 0 Å². The largest absolute Gasteiger partial charge is 0.333 e. The molecule has 0 heterocycles. The molecule has 0 aromatic rings. The zero-order valence-electron chi connectivity index (χ0n) is 3.72. The SMILES string of the molecule is [CH-]1CC1.[Y].[Y].[Y]. The van der Waals surface area contributed by atoms with E-state index in [1.54, 1.807) is 0 Å². The topological polar surface area (TPSA) is 0 Å². The minimum Gasteiger partial charge on any atom is -0.333 e. The van der Waals surface area contributed by atoms with E-state index in [9.17, 15) is 0 Å². The minimum absolute atomic E-state index is 0. The Kier molecular flexibility index (Phi) is 30.0. The molecule has 6 heavy (non-hydrogen) atoms. The van der Waals surface area contributed by atoms with Crippen molar-refractivity contribution in [1.29, 1.82) is 0 Å². The first kappa shape index (κ1) is 16.1. The molecule has 27 valence electrons. The monoisotopic (exact) mass is 308 g/mol. The van der Waals surface area contributed by atoms with E-state index in [2.05, 4.69) is 6.42 Å². The molecule has 3 heteroatoms. The minimum atomic E-state index is 0. The van der Waals surface area contributed by atoms with Crippen LogP contribution in [0, 0.1) is 6.42 Å². The van der Waals surface area contributed by atoms with Gasteiger partial charge in [-0.1, -0.05) is 0 Å². The molecule has 0 nitrogen and oxygen atoms in total. The summed E-state index contributed by atoms with van der Waals surface area (Å²) in [7, 11) is 0. The van der Waals surface area contributed by atoms with Gasteiger partial charge in [0.05, 0.1) is 0 Å². The summed E-state index contributed by atoms with van der Waals surface area (Å²) in [5.41, 5.74) is 0. The summed E-state index contributed by atoms with van der Waals surface area (Å²) in [6.07, 6.45) is 5.00. The van der Waals surface area contributed by atoms with Gasteiger partial charge < -0.3 is 6.42 Å². The summed E-state index contributed by atoms with van der Waals surface area (Å²) in [6.45, 7) is 0. The van der Waals surface area contributed by atoms with E-state index in [1.165, 1.54) is 12.8 Å². The predicted molar refractivity (Wildman–Crippen MR) is 13.5 cm³/mol. The van der Waals surface area contributed by atoms with Gasteiger partial charge in [0.1, 0.15) is 0 Å². The third-order valence-electron chi connectivity index (χ3n) is 0.289. The molecule has 1 fully saturated rings. The molecular weight excluding hydrogens is 303 g/mol. The standard InChI is InChI=1S/C3H5.3Y/c1-2-3-1;;;/h1H,2-3H2;;;/q-1;;;. The van der Waals surface area contributed by atoms with E-state index in [4.69, 9.17) is 0 Å². The fraction of sp³-hybridized carbons (Fsp3) is 0.667. The summed E-state index contributed by atoms with van der Waals surface area (Å²) in [5.74, 6) is 0. The Balaban J connectivity index is -0.0000000300. The van der Waals surface area contributed by atoms with E-state index >= 15 is 0 Å². The first-order valence-corrected chi connectivity index (χ1v) is 1.32. The quantitative estimate of drug-likeness (QED) is 0.585. The van der Waals surface area contributed by atoms with E-state index in [-0.39, 0.29) is 98.1 Å². The molecule has 0 amide bonds. The summed E-state index contributed by atoms with van der Waals surface area (Å²) in [5, 5.41) is 0. The fourth-order valence-electron chi connectivity index (χ4n) is 0. The molecule has 1 rings (SSSR count). The van der Waals surface area contributed by atoms with Crippen molar-refractivity contribution >= 4 is 0 Å². The molecular formula is C3H5Y3-. The van der Waals surface area contributed by atoms with Gasteiger partial charge in [-0.25, -0.2) is 12.8 Å². The maximum absolute atomic E-state index is 2.25. The van der Waals surface area contributed by atoms with Crippen molar-refractivity contribution in [3.8, 4) is 0 Å². The van der Waals surface area contributed by atoms with Crippen molar-refractivity contribution in [3.05, 3.63) is 6.42 Å². The second-order valence-electron chi connectivity index (χ2n) is 0.866. The van der Waals surface area contributed by atoms with Gasteiger partial charge >= 0.3 is 0 Å². The molecule has 0 aromatic carbocycles. The summed E-state index contributed by atoms with van der Waals surface area (Å²) in [6, 6.07) is 0. The van der Waals surface area contributed by atoms with Crippen molar-refractivity contribution in [2.45, 2.75) is 12.8 Å². The molecule has 0 atom stereocenters. The molecule has 0 aromatic heterocycles. The van der Waals surface area contributed by atoms with Crippen LogP contribution in [-0.4, -0.2) is 0 Å². The van der Waals surface area contributed by atoms with Crippen LogP contribution < -0.4 is 0 Å². The Bertz CT molecular complexity index is 10.8. The smallest absolute Gasteiger partial charge is 0 e. The first-order chi connectivity index (χ1) is 1.50. The van der Waals surface area contributed by atoms with Gasteiger partial charge in [-0.15, -0.1) is 0 Å². The molecule has 0 aliphatic heterocycles. The van der Waals surface area contributed by atoms with Crippen LogP contribution in [0.3, 0.4) is 0 Å². The second kappa shape index (κ2) is 11.2. The fourth-order valence-corrected chi connectivity index (χ4v) is 0. The Morgan fingerprint density at radius 3 is 1.00 bits per heavy atom. The number of hydrogen-bond acceptors (Lipinski definition) is 0. The molecule has 1 aliphatic carbocycles. The van der Waals surface area contributed by atoms with Crippen molar-refractivity contribution < 1.29 is 98.1 Å². The van der Waals surface area contributed by atoms with Gasteiger partial charge in [-0.2, -0.15) is 0 Å². The zero-order chi connectivity index (χ0) is 2.12. The van der Waals surface area contributed by atoms with E-state index < -0.39 is 0 Å². The van der Waals surface area contributed by atoms with Crippen LogP contribution in [-0.2, 0) is 98.1 Å². The molecule has 0 saturated heterocycles. The first-order valence-electron chi connectivity index (χ1n) is 1.32. The van der Waals surface area contributed by atoms with Gasteiger partial charge in [-0.3, -0.25) is 0 Å². The van der Waals surface area contributed by atoms with Crippen LogP contribution in [0.5, 0.6) is 0 Å². The molecule has 1 aliphatic rings. The molecule has 3 radical (unpaired) electrons. The third-order valence-corrected chi connectivity index (χ3v) is 0.289. The summed E-state index contributed by atoms with van der Waals surface area (Å²) in [4.78, 5) is 0. The van der Waals surface area contributed by atoms with Crippen molar-refractivity contribution in [1.82, 2.24) is 0 Å². The Labute approximate surface area is 115 Å². The Morgan fingerprint density at radius 1 is 0.833 bits per heavy atom. The summed E-state index contributed by atoms with van der Waals surface area (Å²) < 4.78 is 0. The van der Waals surface area contributed by atoms with Crippen LogP contribution >= 0.6 is 0 Å². The van der Waals surface area contributed by atoms with E-state index in [0.717, 1.165) is 0 Å². The van der Waals surface area contributed by atoms with Gasteiger partial charge in [0.2, 0.25) is 0 Å². The molecule has 1 saturated carbocycles. The van der Waals surface area contributed by atoms with Crippen LogP contribution in [0.25, 0.3) is 0 Å². The van der Waals surface area contributed by atoms with Crippen LogP contribution in [0.2, 0.25) is 0 Å². The Hall–Kier alpha value is 3.31. The zero-order valence-corrected chi connectivity index (χ0v) is 12.2. The van der Waals surface area contributed by atoms with Gasteiger partial charge in [0, 0.05) is 98.1 Å². The van der Waals surface area contributed by atoms with Crippen LogP contribution in [0.1, 0.15) is 12.8 Å². The third kappa shape index (κ3) is 15.7. The van der Waals surface area contributed by atoms with Gasteiger partial charge in [-0.05, 0) is 0 Å². The van der Waals surface area contributed by atoms with Crippen LogP contribution in [0.4, 0.5) is 0 Å². The molecule has 0 unspecified atom stereocenters. The number of rotatable bonds is 0. The Morgan fingerprint density at radius 2 is 1.00 bits per heavy atom. The average Bonchev–Trinajstić information content (AvgIpc) is 1.46. The molecule has 0 spiro atoms.